The summed E-state index contributed by atoms with van der Waals surface area (Å²) < 4.78 is 0. The van der Waals surface area contributed by atoms with E-state index in [9.17, 15) is 9.90 Å². The van der Waals surface area contributed by atoms with Crippen molar-refractivity contribution in [2.24, 2.45) is 5.92 Å². The molecule has 0 aromatic rings. The molecule has 0 heterocycles. The lowest BCUT2D eigenvalue weighted by atomic mass is 10.0. The first-order valence-corrected chi connectivity index (χ1v) is 5.08. The largest absolute Gasteiger partial charge is 0.481 e. The van der Waals surface area contributed by atoms with Crippen LogP contribution in [0.5, 0.6) is 0 Å². The van der Waals surface area contributed by atoms with Crippen LogP contribution < -0.4 is 0 Å². The average molecular weight is 209 g/mol. The van der Waals surface area contributed by atoms with E-state index >= 15 is 0 Å². The van der Waals surface area contributed by atoms with Crippen LogP contribution in [-0.2, 0) is 4.79 Å². The molecule has 0 bridgehead atoms. The Hall–Kier alpha value is -0.280. The van der Waals surface area contributed by atoms with Crippen LogP contribution in [0.25, 0.3) is 0 Å². The summed E-state index contributed by atoms with van der Waals surface area (Å²) in [5.74, 6) is -0.634. The van der Waals surface area contributed by atoms with Crippen molar-refractivity contribution in [3.8, 4) is 0 Å². The fourth-order valence-corrected chi connectivity index (χ4v) is 1.31. The van der Waals surface area contributed by atoms with Gasteiger partial charge in [0, 0.05) is 5.88 Å². The maximum absolute atomic E-state index is 10.4. The van der Waals surface area contributed by atoms with Crippen molar-refractivity contribution in [3.05, 3.63) is 0 Å². The van der Waals surface area contributed by atoms with Crippen LogP contribution in [0, 0.1) is 5.92 Å². The second kappa shape index (κ2) is 7.15. The van der Waals surface area contributed by atoms with Gasteiger partial charge in [0.2, 0.25) is 0 Å². The topological polar surface area (TPSA) is 57.5 Å². The molecule has 0 saturated heterocycles. The summed E-state index contributed by atoms with van der Waals surface area (Å²) in [7, 11) is 0. The van der Waals surface area contributed by atoms with Crippen molar-refractivity contribution in [1.82, 2.24) is 0 Å². The molecule has 0 fully saturated rings. The summed E-state index contributed by atoms with van der Waals surface area (Å²) in [6.07, 6.45) is 2.21. The van der Waals surface area contributed by atoms with Crippen LogP contribution in [0.2, 0.25) is 0 Å². The first-order valence-electron chi connectivity index (χ1n) is 4.54. The summed E-state index contributed by atoms with van der Waals surface area (Å²) in [5, 5.41) is 17.8. The van der Waals surface area contributed by atoms with Gasteiger partial charge in [-0.25, -0.2) is 0 Å². The lowest BCUT2D eigenvalue weighted by Crippen LogP contribution is -2.12. The van der Waals surface area contributed by atoms with Gasteiger partial charge in [0.15, 0.2) is 0 Å². The van der Waals surface area contributed by atoms with Gasteiger partial charge >= 0.3 is 5.97 Å². The van der Waals surface area contributed by atoms with Crippen LogP contribution in [0.3, 0.4) is 0 Å². The number of hydrogen-bond donors (Lipinski definition) is 2. The Morgan fingerprint density at radius 2 is 2.00 bits per heavy atom. The third-order valence-corrected chi connectivity index (χ3v) is 2.26. The monoisotopic (exact) mass is 208 g/mol. The van der Waals surface area contributed by atoms with Gasteiger partial charge in [-0.3, -0.25) is 4.79 Å². The Kier molecular flexibility index (Phi) is 7.00. The molecule has 0 rings (SSSR count). The van der Waals surface area contributed by atoms with E-state index in [1.807, 2.05) is 0 Å². The van der Waals surface area contributed by atoms with Gasteiger partial charge < -0.3 is 10.2 Å². The molecule has 78 valence electrons. The first-order chi connectivity index (χ1) is 6.07. The second-order valence-corrected chi connectivity index (χ2v) is 3.68. The summed E-state index contributed by atoms with van der Waals surface area (Å²) >= 11 is 5.43. The number of aliphatic hydroxyl groups excluding tert-OH is 1. The molecule has 3 nitrogen and oxygen atoms in total. The lowest BCUT2D eigenvalue weighted by Gasteiger charge is -2.09. The predicted octanol–water partition coefficient (Wildman–Crippen LogP) is 1.87. The van der Waals surface area contributed by atoms with Crippen molar-refractivity contribution in [3.63, 3.8) is 0 Å². The van der Waals surface area contributed by atoms with Crippen LogP contribution >= 0.6 is 11.6 Å². The maximum atomic E-state index is 10.4. The molecule has 4 heteroatoms. The summed E-state index contributed by atoms with van der Waals surface area (Å²) in [6.45, 7) is 1.68. The normalized spacial score (nSPS) is 15.3. The summed E-state index contributed by atoms with van der Waals surface area (Å²) in [5.41, 5.74) is 0. The zero-order valence-corrected chi connectivity index (χ0v) is 8.63. The molecule has 2 N–H and O–H groups in total. The molecule has 0 aliphatic heterocycles. The Morgan fingerprint density at radius 1 is 1.38 bits per heavy atom. The van der Waals surface area contributed by atoms with Gasteiger partial charge in [0.25, 0.3) is 0 Å². The summed E-state index contributed by atoms with van der Waals surface area (Å²) in [4.78, 5) is 10.4. The molecule has 0 saturated carbocycles. The standard InChI is InChI=1S/C9H17ClO3/c1-7(9(12)13)3-2-4-8(11)5-6-10/h7-8,11H,2-6H2,1H3,(H,12,13). The minimum Gasteiger partial charge on any atom is -0.481 e. The van der Waals surface area contributed by atoms with Gasteiger partial charge in [0.1, 0.15) is 0 Å². The lowest BCUT2D eigenvalue weighted by molar-refractivity contribution is -0.141. The van der Waals surface area contributed by atoms with Gasteiger partial charge in [-0.15, -0.1) is 11.6 Å². The molecule has 0 aliphatic carbocycles. The zero-order valence-electron chi connectivity index (χ0n) is 7.87. The van der Waals surface area contributed by atoms with Crippen molar-refractivity contribution in [2.75, 3.05) is 5.88 Å². The van der Waals surface area contributed by atoms with E-state index in [4.69, 9.17) is 16.7 Å². The molecule has 2 atom stereocenters. The van der Waals surface area contributed by atoms with E-state index in [0.717, 1.165) is 6.42 Å². The number of rotatable bonds is 7. The van der Waals surface area contributed by atoms with Crippen molar-refractivity contribution in [2.45, 2.75) is 38.7 Å². The Morgan fingerprint density at radius 3 is 2.46 bits per heavy atom. The molecular weight excluding hydrogens is 192 g/mol. The van der Waals surface area contributed by atoms with Crippen molar-refractivity contribution in [1.29, 1.82) is 0 Å². The molecule has 0 amide bonds. The number of carbonyl (C=O) groups is 1. The fourth-order valence-electron chi connectivity index (χ4n) is 1.05. The number of carboxylic acids is 1. The van der Waals surface area contributed by atoms with E-state index in [1.54, 1.807) is 6.92 Å². The minimum atomic E-state index is -0.771. The second-order valence-electron chi connectivity index (χ2n) is 3.30. The first kappa shape index (κ1) is 12.7. The number of aliphatic carboxylic acids is 1. The molecule has 0 spiro atoms. The Balaban J connectivity index is 3.39. The predicted molar refractivity (Wildman–Crippen MR) is 52.0 cm³/mol. The number of hydrogen-bond acceptors (Lipinski definition) is 2. The highest BCUT2D eigenvalue weighted by Crippen LogP contribution is 2.11. The van der Waals surface area contributed by atoms with E-state index in [0.29, 0.717) is 25.1 Å². The Labute approximate surface area is 83.7 Å². The number of aliphatic hydroxyl groups is 1. The van der Waals surface area contributed by atoms with Crippen LogP contribution in [0.4, 0.5) is 0 Å². The highest BCUT2D eigenvalue weighted by molar-refractivity contribution is 6.17. The van der Waals surface area contributed by atoms with E-state index in [2.05, 4.69) is 0 Å². The SMILES string of the molecule is CC(CCCC(O)CCCl)C(=O)O. The van der Waals surface area contributed by atoms with Crippen molar-refractivity contribution < 1.29 is 15.0 Å². The smallest absolute Gasteiger partial charge is 0.306 e. The third kappa shape index (κ3) is 6.84. The maximum Gasteiger partial charge on any atom is 0.306 e. The quantitative estimate of drug-likeness (QED) is 0.628. The van der Waals surface area contributed by atoms with Crippen LogP contribution in [-0.4, -0.2) is 28.2 Å². The average Bonchev–Trinajstić information content (AvgIpc) is 2.04. The molecule has 0 radical (unpaired) electrons. The summed E-state index contributed by atoms with van der Waals surface area (Å²) in [6, 6.07) is 0. The fraction of sp³-hybridized carbons (Fsp3) is 0.889. The number of halogens is 1. The number of alkyl halides is 1. The van der Waals surface area contributed by atoms with Gasteiger partial charge in [-0.1, -0.05) is 13.3 Å². The molecule has 2 unspecified atom stereocenters. The van der Waals surface area contributed by atoms with E-state index < -0.39 is 5.97 Å². The van der Waals surface area contributed by atoms with Gasteiger partial charge in [0.05, 0.1) is 12.0 Å². The third-order valence-electron chi connectivity index (χ3n) is 2.04. The van der Waals surface area contributed by atoms with E-state index in [-0.39, 0.29) is 12.0 Å². The molecular formula is C9H17ClO3. The van der Waals surface area contributed by atoms with Crippen molar-refractivity contribution >= 4 is 17.6 Å². The van der Waals surface area contributed by atoms with Gasteiger partial charge in [-0.05, 0) is 19.3 Å². The molecule has 13 heavy (non-hydrogen) atoms. The molecule has 0 aromatic carbocycles. The highest BCUT2D eigenvalue weighted by Gasteiger charge is 2.11. The minimum absolute atomic E-state index is 0.316. The highest BCUT2D eigenvalue weighted by atomic mass is 35.5. The van der Waals surface area contributed by atoms with Gasteiger partial charge in [-0.2, -0.15) is 0 Å². The Bertz CT molecular complexity index is 150. The van der Waals surface area contributed by atoms with Crippen LogP contribution in [0.1, 0.15) is 32.6 Å². The number of carboxylic acid groups (broad SMARTS) is 1. The zero-order chi connectivity index (χ0) is 10.3. The van der Waals surface area contributed by atoms with Crippen LogP contribution in [0.15, 0.2) is 0 Å². The molecule has 0 aliphatic rings. The van der Waals surface area contributed by atoms with E-state index in [1.165, 1.54) is 0 Å². The molecule has 0 aromatic heterocycles.